The number of likely N-dealkylation sites (tertiary alicyclic amines) is 1. The highest BCUT2D eigenvalue weighted by Gasteiger charge is 2.18. The molecule has 116 valence electrons. The molecule has 1 fully saturated rings. The smallest absolute Gasteiger partial charge is 0.222 e. The van der Waals surface area contributed by atoms with Crippen molar-refractivity contribution in [1.82, 2.24) is 10.2 Å². The van der Waals surface area contributed by atoms with E-state index in [1.807, 2.05) is 23.1 Å². The molecule has 0 unspecified atom stereocenters. The first-order chi connectivity index (χ1) is 10.2. The van der Waals surface area contributed by atoms with Gasteiger partial charge in [-0.05, 0) is 37.1 Å². The van der Waals surface area contributed by atoms with Crippen LogP contribution in [0.1, 0.15) is 24.8 Å². The van der Waals surface area contributed by atoms with Gasteiger partial charge in [0.2, 0.25) is 5.91 Å². The van der Waals surface area contributed by atoms with Crippen molar-refractivity contribution in [2.45, 2.75) is 25.8 Å². The van der Waals surface area contributed by atoms with Gasteiger partial charge in [-0.25, -0.2) is 0 Å². The SMILES string of the molecule is COc1ccc(CNCCCN2CCCC2=O)cc1OC. The third kappa shape index (κ3) is 4.36. The Balaban J connectivity index is 1.69. The standard InChI is InChI=1S/C16H24N2O3/c1-20-14-7-6-13(11-15(14)21-2)12-17-8-4-10-18-9-3-5-16(18)19/h6-7,11,17H,3-5,8-10,12H2,1-2H3. The Labute approximate surface area is 126 Å². The van der Waals surface area contributed by atoms with E-state index in [0.29, 0.717) is 5.91 Å². The molecule has 0 radical (unpaired) electrons. The molecule has 0 atom stereocenters. The highest BCUT2D eigenvalue weighted by Crippen LogP contribution is 2.27. The monoisotopic (exact) mass is 292 g/mol. The summed E-state index contributed by atoms with van der Waals surface area (Å²) in [4.78, 5) is 13.4. The van der Waals surface area contributed by atoms with Gasteiger partial charge in [-0.2, -0.15) is 0 Å². The molecule has 1 aliphatic heterocycles. The van der Waals surface area contributed by atoms with E-state index in [4.69, 9.17) is 9.47 Å². The molecule has 1 aromatic rings. The van der Waals surface area contributed by atoms with Crippen molar-refractivity contribution in [2.24, 2.45) is 0 Å². The molecular weight excluding hydrogens is 268 g/mol. The van der Waals surface area contributed by atoms with Gasteiger partial charge in [-0.3, -0.25) is 4.79 Å². The Morgan fingerprint density at radius 2 is 2.05 bits per heavy atom. The van der Waals surface area contributed by atoms with E-state index in [0.717, 1.165) is 62.5 Å². The number of ether oxygens (including phenoxy) is 2. The van der Waals surface area contributed by atoms with Crippen LogP contribution >= 0.6 is 0 Å². The van der Waals surface area contributed by atoms with Crippen molar-refractivity contribution < 1.29 is 14.3 Å². The first kappa shape index (κ1) is 15.6. The summed E-state index contributed by atoms with van der Waals surface area (Å²) in [5.41, 5.74) is 1.16. The summed E-state index contributed by atoms with van der Waals surface area (Å²) in [5.74, 6) is 1.79. The van der Waals surface area contributed by atoms with Gasteiger partial charge in [0.15, 0.2) is 11.5 Å². The largest absolute Gasteiger partial charge is 0.493 e. The number of rotatable bonds is 8. The molecular formula is C16H24N2O3. The average Bonchev–Trinajstić information content (AvgIpc) is 2.92. The molecule has 1 aromatic carbocycles. The zero-order chi connectivity index (χ0) is 15.1. The predicted molar refractivity (Wildman–Crippen MR) is 81.7 cm³/mol. The Bertz CT molecular complexity index is 477. The molecule has 0 spiro atoms. The van der Waals surface area contributed by atoms with Crippen molar-refractivity contribution in [3.05, 3.63) is 23.8 Å². The highest BCUT2D eigenvalue weighted by molar-refractivity contribution is 5.77. The lowest BCUT2D eigenvalue weighted by molar-refractivity contribution is -0.127. The molecule has 0 bridgehead atoms. The maximum absolute atomic E-state index is 11.5. The number of amides is 1. The van der Waals surface area contributed by atoms with Crippen molar-refractivity contribution >= 4 is 5.91 Å². The molecule has 1 N–H and O–H groups in total. The summed E-state index contributed by atoms with van der Waals surface area (Å²) in [5, 5.41) is 3.39. The fourth-order valence-corrected chi connectivity index (χ4v) is 2.56. The third-order valence-electron chi connectivity index (χ3n) is 3.73. The van der Waals surface area contributed by atoms with Gasteiger partial charge in [0.05, 0.1) is 14.2 Å². The second-order valence-electron chi connectivity index (χ2n) is 5.20. The summed E-state index contributed by atoms with van der Waals surface area (Å²) in [6.07, 6.45) is 2.72. The van der Waals surface area contributed by atoms with Crippen LogP contribution in [0.2, 0.25) is 0 Å². The van der Waals surface area contributed by atoms with Crippen molar-refractivity contribution in [3.8, 4) is 11.5 Å². The van der Waals surface area contributed by atoms with E-state index in [1.165, 1.54) is 0 Å². The average molecular weight is 292 g/mol. The van der Waals surface area contributed by atoms with Crippen LogP contribution in [-0.2, 0) is 11.3 Å². The zero-order valence-electron chi connectivity index (χ0n) is 12.9. The van der Waals surface area contributed by atoms with Gasteiger partial charge in [0.1, 0.15) is 0 Å². The summed E-state index contributed by atoms with van der Waals surface area (Å²) < 4.78 is 10.5. The molecule has 1 heterocycles. The number of methoxy groups -OCH3 is 2. The lowest BCUT2D eigenvalue weighted by Crippen LogP contribution is -2.28. The molecule has 5 heteroatoms. The Hall–Kier alpha value is -1.75. The number of nitrogens with zero attached hydrogens (tertiary/aromatic N) is 1. The normalized spacial score (nSPS) is 14.6. The van der Waals surface area contributed by atoms with Crippen LogP contribution in [0.4, 0.5) is 0 Å². The van der Waals surface area contributed by atoms with Crippen LogP contribution in [0.3, 0.4) is 0 Å². The fourth-order valence-electron chi connectivity index (χ4n) is 2.56. The highest BCUT2D eigenvalue weighted by atomic mass is 16.5. The molecule has 21 heavy (non-hydrogen) atoms. The lowest BCUT2D eigenvalue weighted by Gasteiger charge is -2.15. The van der Waals surface area contributed by atoms with Gasteiger partial charge < -0.3 is 19.7 Å². The number of nitrogens with one attached hydrogen (secondary N) is 1. The number of benzene rings is 1. The topological polar surface area (TPSA) is 50.8 Å². The Morgan fingerprint density at radius 1 is 1.24 bits per heavy atom. The van der Waals surface area contributed by atoms with Gasteiger partial charge in [-0.15, -0.1) is 0 Å². The Kier molecular flexibility index (Phi) is 5.87. The van der Waals surface area contributed by atoms with E-state index >= 15 is 0 Å². The molecule has 1 aliphatic rings. The quantitative estimate of drug-likeness (QED) is 0.742. The minimum atomic E-state index is 0.301. The second-order valence-corrected chi connectivity index (χ2v) is 5.20. The fraction of sp³-hybridized carbons (Fsp3) is 0.562. The minimum Gasteiger partial charge on any atom is -0.493 e. The Morgan fingerprint density at radius 3 is 2.71 bits per heavy atom. The van der Waals surface area contributed by atoms with Crippen molar-refractivity contribution in [2.75, 3.05) is 33.9 Å². The molecule has 0 saturated carbocycles. The predicted octanol–water partition coefficient (Wildman–Crippen LogP) is 1.81. The van der Waals surface area contributed by atoms with Crippen LogP contribution in [-0.4, -0.2) is 44.7 Å². The second kappa shape index (κ2) is 7.88. The van der Waals surface area contributed by atoms with E-state index in [-0.39, 0.29) is 0 Å². The van der Waals surface area contributed by atoms with Crippen LogP contribution in [0.15, 0.2) is 18.2 Å². The summed E-state index contributed by atoms with van der Waals surface area (Å²) in [7, 11) is 3.28. The number of hydrogen-bond acceptors (Lipinski definition) is 4. The zero-order valence-corrected chi connectivity index (χ0v) is 12.9. The van der Waals surface area contributed by atoms with E-state index < -0.39 is 0 Å². The van der Waals surface area contributed by atoms with Gasteiger partial charge in [0.25, 0.3) is 0 Å². The van der Waals surface area contributed by atoms with Crippen LogP contribution < -0.4 is 14.8 Å². The number of carbonyl (C=O) groups is 1. The first-order valence-corrected chi connectivity index (χ1v) is 7.44. The summed E-state index contributed by atoms with van der Waals surface area (Å²) in [6, 6.07) is 5.92. The maximum atomic E-state index is 11.5. The number of carbonyl (C=O) groups excluding carboxylic acids is 1. The van der Waals surface area contributed by atoms with Crippen molar-refractivity contribution in [1.29, 1.82) is 0 Å². The van der Waals surface area contributed by atoms with E-state index in [9.17, 15) is 4.79 Å². The summed E-state index contributed by atoms with van der Waals surface area (Å²) >= 11 is 0. The van der Waals surface area contributed by atoms with E-state index in [1.54, 1.807) is 14.2 Å². The molecule has 1 saturated heterocycles. The van der Waals surface area contributed by atoms with Gasteiger partial charge in [-0.1, -0.05) is 6.07 Å². The minimum absolute atomic E-state index is 0.301. The van der Waals surface area contributed by atoms with Gasteiger partial charge >= 0.3 is 0 Å². The lowest BCUT2D eigenvalue weighted by atomic mass is 10.2. The van der Waals surface area contributed by atoms with E-state index in [2.05, 4.69) is 5.32 Å². The van der Waals surface area contributed by atoms with Crippen LogP contribution in [0, 0.1) is 0 Å². The molecule has 2 rings (SSSR count). The maximum Gasteiger partial charge on any atom is 0.222 e. The molecule has 0 aliphatic carbocycles. The molecule has 0 aromatic heterocycles. The van der Waals surface area contributed by atoms with Crippen LogP contribution in [0.5, 0.6) is 11.5 Å². The third-order valence-corrected chi connectivity index (χ3v) is 3.73. The summed E-state index contributed by atoms with van der Waals surface area (Å²) in [6.45, 7) is 3.47. The molecule has 5 nitrogen and oxygen atoms in total. The number of hydrogen-bond donors (Lipinski definition) is 1. The van der Waals surface area contributed by atoms with Gasteiger partial charge in [0, 0.05) is 26.1 Å². The molecule has 1 amide bonds. The van der Waals surface area contributed by atoms with Crippen molar-refractivity contribution in [3.63, 3.8) is 0 Å². The van der Waals surface area contributed by atoms with Crippen LogP contribution in [0.25, 0.3) is 0 Å². The first-order valence-electron chi connectivity index (χ1n) is 7.44.